The molecule has 2 aromatic rings. The average Bonchev–Trinajstić information content (AvgIpc) is 2.60. The number of imidazole rings is 1. The number of nitrogens with zero attached hydrogens (tertiary/aromatic N) is 3. The van der Waals surface area contributed by atoms with E-state index in [-0.39, 0.29) is 5.78 Å². The Bertz CT molecular complexity index is 474. The molecule has 0 aliphatic carbocycles. The molecule has 1 atom stereocenters. The number of aromatic nitrogens is 3. The fourth-order valence-electron chi connectivity index (χ4n) is 1.26. The van der Waals surface area contributed by atoms with Crippen LogP contribution in [0.4, 0.5) is 0 Å². The van der Waals surface area contributed by atoms with Crippen molar-refractivity contribution in [1.29, 1.82) is 0 Å². The van der Waals surface area contributed by atoms with Gasteiger partial charge in [-0.05, 0) is 6.92 Å². The zero-order valence-electron chi connectivity index (χ0n) is 7.71. The summed E-state index contributed by atoms with van der Waals surface area (Å²) in [7, 11) is 0. The SMILES string of the molecule is CC(N)C(=O)c1cnc2cnccn12. The summed E-state index contributed by atoms with van der Waals surface area (Å²) < 4.78 is 1.68. The minimum absolute atomic E-state index is 0.122. The van der Waals surface area contributed by atoms with E-state index in [0.717, 1.165) is 0 Å². The van der Waals surface area contributed by atoms with E-state index in [2.05, 4.69) is 9.97 Å². The molecule has 72 valence electrons. The highest BCUT2D eigenvalue weighted by Gasteiger charge is 2.15. The molecule has 2 heterocycles. The van der Waals surface area contributed by atoms with Crippen molar-refractivity contribution in [1.82, 2.24) is 14.4 Å². The van der Waals surface area contributed by atoms with E-state index in [0.29, 0.717) is 11.3 Å². The second-order valence-electron chi connectivity index (χ2n) is 3.10. The van der Waals surface area contributed by atoms with Crippen LogP contribution in [0.15, 0.2) is 24.8 Å². The largest absolute Gasteiger partial charge is 0.321 e. The molecular weight excluding hydrogens is 180 g/mol. The highest BCUT2D eigenvalue weighted by Crippen LogP contribution is 2.06. The first-order valence-electron chi connectivity index (χ1n) is 4.27. The Morgan fingerprint density at radius 1 is 1.57 bits per heavy atom. The van der Waals surface area contributed by atoms with Crippen molar-refractivity contribution in [2.24, 2.45) is 5.73 Å². The number of Topliss-reactive ketones (excluding diaryl/α,β-unsaturated/α-hetero) is 1. The van der Waals surface area contributed by atoms with E-state index in [1.807, 2.05) is 0 Å². The lowest BCUT2D eigenvalue weighted by molar-refractivity contribution is 0.0962. The van der Waals surface area contributed by atoms with Crippen molar-refractivity contribution in [2.75, 3.05) is 0 Å². The second-order valence-corrected chi connectivity index (χ2v) is 3.10. The topological polar surface area (TPSA) is 73.3 Å². The van der Waals surface area contributed by atoms with Gasteiger partial charge in [0.25, 0.3) is 0 Å². The Labute approximate surface area is 80.6 Å². The van der Waals surface area contributed by atoms with Crippen LogP contribution in [0.1, 0.15) is 17.4 Å². The number of ketones is 1. The lowest BCUT2D eigenvalue weighted by Crippen LogP contribution is -2.27. The third-order valence-corrected chi connectivity index (χ3v) is 1.98. The molecule has 0 aliphatic rings. The molecular formula is C9H10N4O. The van der Waals surface area contributed by atoms with Crippen molar-refractivity contribution in [3.05, 3.63) is 30.5 Å². The number of rotatable bonds is 2. The van der Waals surface area contributed by atoms with Gasteiger partial charge in [-0.2, -0.15) is 0 Å². The third kappa shape index (κ3) is 1.27. The minimum Gasteiger partial charge on any atom is -0.321 e. The van der Waals surface area contributed by atoms with Crippen LogP contribution in [-0.4, -0.2) is 26.2 Å². The predicted molar refractivity (Wildman–Crippen MR) is 51.0 cm³/mol. The summed E-state index contributed by atoms with van der Waals surface area (Å²) in [6.07, 6.45) is 6.41. The van der Waals surface area contributed by atoms with Gasteiger partial charge in [-0.25, -0.2) is 4.98 Å². The Morgan fingerprint density at radius 2 is 2.36 bits per heavy atom. The zero-order valence-corrected chi connectivity index (χ0v) is 7.71. The lowest BCUT2D eigenvalue weighted by Gasteiger charge is -2.02. The standard InChI is InChI=1S/C9H10N4O/c1-6(10)9(14)7-4-12-8-5-11-2-3-13(7)8/h2-6H,10H2,1H3. The summed E-state index contributed by atoms with van der Waals surface area (Å²) in [5.41, 5.74) is 6.66. The molecule has 1 unspecified atom stereocenters. The van der Waals surface area contributed by atoms with Crippen molar-refractivity contribution in [3.8, 4) is 0 Å². The molecule has 2 aromatic heterocycles. The van der Waals surface area contributed by atoms with Gasteiger partial charge >= 0.3 is 0 Å². The molecule has 0 bridgehead atoms. The van der Waals surface area contributed by atoms with E-state index in [4.69, 9.17) is 5.73 Å². The van der Waals surface area contributed by atoms with Crippen LogP contribution in [0.25, 0.3) is 5.65 Å². The number of fused-ring (bicyclic) bond motifs is 1. The van der Waals surface area contributed by atoms with Crippen LogP contribution < -0.4 is 5.73 Å². The molecule has 0 amide bonds. The third-order valence-electron chi connectivity index (χ3n) is 1.98. The molecule has 0 fully saturated rings. The Morgan fingerprint density at radius 3 is 3.07 bits per heavy atom. The molecule has 5 heteroatoms. The summed E-state index contributed by atoms with van der Waals surface area (Å²) in [4.78, 5) is 19.6. The van der Waals surface area contributed by atoms with E-state index >= 15 is 0 Å². The maximum absolute atomic E-state index is 11.6. The maximum atomic E-state index is 11.6. The number of carbonyl (C=O) groups is 1. The summed E-state index contributed by atoms with van der Waals surface area (Å²) in [6, 6.07) is -0.511. The Balaban J connectivity index is 2.58. The smallest absolute Gasteiger partial charge is 0.197 e. The van der Waals surface area contributed by atoms with Gasteiger partial charge < -0.3 is 5.73 Å². The highest BCUT2D eigenvalue weighted by atomic mass is 16.1. The van der Waals surface area contributed by atoms with Gasteiger partial charge in [-0.3, -0.25) is 14.2 Å². The molecule has 14 heavy (non-hydrogen) atoms. The lowest BCUT2D eigenvalue weighted by atomic mass is 10.2. The van der Waals surface area contributed by atoms with Crippen molar-refractivity contribution < 1.29 is 4.79 Å². The van der Waals surface area contributed by atoms with Gasteiger partial charge in [0.05, 0.1) is 18.4 Å². The maximum Gasteiger partial charge on any atom is 0.197 e. The summed E-state index contributed by atoms with van der Waals surface area (Å²) in [6.45, 7) is 1.66. The molecule has 0 saturated heterocycles. The molecule has 0 spiro atoms. The predicted octanol–water partition coefficient (Wildman–Crippen LogP) is 0.259. The second kappa shape index (κ2) is 3.19. The van der Waals surface area contributed by atoms with Crippen LogP contribution in [0, 0.1) is 0 Å². The first kappa shape index (κ1) is 8.83. The van der Waals surface area contributed by atoms with E-state index < -0.39 is 6.04 Å². The monoisotopic (exact) mass is 190 g/mol. The molecule has 0 aromatic carbocycles. The van der Waals surface area contributed by atoms with Crippen LogP contribution in [0.3, 0.4) is 0 Å². The van der Waals surface area contributed by atoms with Gasteiger partial charge in [0.2, 0.25) is 0 Å². The first-order valence-corrected chi connectivity index (χ1v) is 4.27. The van der Waals surface area contributed by atoms with Gasteiger partial charge in [-0.15, -0.1) is 0 Å². The summed E-state index contributed by atoms with van der Waals surface area (Å²) in [5.74, 6) is -0.122. The molecule has 2 N–H and O–H groups in total. The Kier molecular flexibility index (Phi) is 2.01. The van der Waals surface area contributed by atoms with Gasteiger partial charge in [-0.1, -0.05) is 0 Å². The Hall–Kier alpha value is -1.75. The molecule has 0 aliphatic heterocycles. The normalized spacial score (nSPS) is 13.0. The van der Waals surface area contributed by atoms with Crippen LogP contribution >= 0.6 is 0 Å². The quantitative estimate of drug-likeness (QED) is 0.689. The fraction of sp³-hybridized carbons (Fsp3) is 0.222. The first-order chi connectivity index (χ1) is 6.70. The van der Waals surface area contributed by atoms with Crippen molar-refractivity contribution >= 4 is 11.4 Å². The number of nitrogens with two attached hydrogens (primary N) is 1. The van der Waals surface area contributed by atoms with Crippen molar-refractivity contribution in [3.63, 3.8) is 0 Å². The van der Waals surface area contributed by atoms with Crippen LogP contribution in [-0.2, 0) is 0 Å². The van der Waals surface area contributed by atoms with Crippen molar-refractivity contribution in [2.45, 2.75) is 13.0 Å². The summed E-state index contributed by atoms with van der Waals surface area (Å²) >= 11 is 0. The highest BCUT2D eigenvalue weighted by molar-refractivity contribution is 5.98. The molecule has 0 saturated carbocycles. The number of hydrogen-bond acceptors (Lipinski definition) is 4. The minimum atomic E-state index is -0.511. The van der Waals surface area contributed by atoms with E-state index in [1.165, 1.54) is 6.20 Å². The van der Waals surface area contributed by atoms with Gasteiger partial charge in [0.15, 0.2) is 11.4 Å². The number of carbonyl (C=O) groups excluding carboxylic acids is 1. The average molecular weight is 190 g/mol. The molecule has 2 rings (SSSR count). The molecule has 5 nitrogen and oxygen atoms in total. The van der Waals surface area contributed by atoms with Gasteiger partial charge in [0, 0.05) is 12.4 Å². The van der Waals surface area contributed by atoms with Crippen LogP contribution in [0.2, 0.25) is 0 Å². The summed E-state index contributed by atoms with van der Waals surface area (Å²) in [5, 5.41) is 0. The van der Waals surface area contributed by atoms with E-state index in [1.54, 1.807) is 29.9 Å². The number of hydrogen-bond donors (Lipinski definition) is 1. The zero-order chi connectivity index (χ0) is 10.1. The van der Waals surface area contributed by atoms with Gasteiger partial charge in [0.1, 0.15) is 5.69 Å². The van der Waals surface area contributed by atoms with Crippen LogP contribution in [0.5, 0.6) is 0 Å². The van der Waals surface area contributed by atoms with E-state index in [9.17, 15) is 4.79 Å². The fourth-order valence-corrected chi connectivity index (χ4v) is 1.26. The molecule has 0 radical (unpaired) electrons.